The van der Waals surface area contributed by atoms with Gasteiger partial charge in [0.25, 0.3) is 0 Å². The molecule has 1 heterocycles. The van der Waals surface area contributed by atoms with Crippen molar-refractivity contribution in [2.24, 2.45) is 0 Å². The zero-order chi connectivity index (χ0) is 18.9. The van der Waals surface area contributed by atoms with Gasteiger partial charge in [-0.15, -0.1) is 0 Å². The number of carbonyl (C=O) groups excluding carboxylic acids is 3. The third kappa shape index (κ3) is 4.30. The lowest BCUT2D eigenvalue weighted by atomic mass is 9.88. The second kappa shape index (κ2) is 7.02. The number of nitrogens with zero attached hydrogens (tertiary/aromatic N) is 1. The van der Waals surface area contributed by atoms with Gasteiger partial charge in [-0.3, -0.25) is 9.59 Å². The number of rotatable bonds is 2. The minimum atomic E-state index is -0.524. The Labute approximate surface area is 149 Å². The summed E-state index contributed by atoms with van der Waals surface area (Å²) in [5.74, 6) is -0.116. The molecular weight excluding hydrogens is 320 g/mol. The van der Waals surface area contributed by atoms with Gasteiger partial charge in [-0.1, -0.05) is 0 Å². The monoisotopic (exact) mass is 348 g/mol. The zero-order valence-corrected chi connectivity index (χ0v) is 16.0. The number of alkyl carbamates (subject to hydrolysis) is 1. The molecule has 0 atom stereocenters. The first-order valence-corrected chi connectivity index (χ1v) is 8.73. The molecule has 1 aliphatic carbocycles. The molecule has 1 amide bonds. The largest absolute Gasteiger partial charge is 0.444 e. The lowest BCUT2D eigenvalue weighted by Crippen LogP contribution is -2.47. The van der Waals surface area contributed by atoms with Crippen molar-refractivity contribution in [1.29, 1.82) is 0 Å². The molecule has 0 aromatic rings. The SMILES string of the molecule is CC1=C(C)C(=O)C(N2CCC(NC(=O)OC(C)(C)C)CC2)=C(C)C1=O. The smallest absolute Gasteiger partial charge is 0.407 e. The van der Waals surface area contributed by atoms with Crippen molar-refractivity contribution in [2.45, 2.75) is 66.0 Å². The fourth-order valence-corrected chi connectivity index (χ4v) is 3.18. The first-order valence-electron chi connectivity index (χ1n) is 8.73. The predicted molar refractivity (Wildman–Crippen MR) is 95.1 cm³/mol. The van der Waals surface area contributed by atoms with Crippen molar-refractivity contribution in [3.8, 4) is 0 Å². The second-order valence-corrected chi connectivity index (χ2v) is 7.79. The molecule has 0 saturated carbocycles. The van der Waals surface area contributed by atoms with E-state index in [0.29, 0.717) is 48.3 Å². The van der Waals surface area contributed by atoms with Crippen LogP contribution in [-0.2, 0) is 14.3 Å². The molecular formula is C19H28N2O4. The molecule has 1 aliphatic heterocycles. The molecule has 0 unspecified atom stereocenters. The van der Waals surface area contributed by atoms with Gasteiger partial charge in [0.05, 0.1) is 5.70 Å². The highest BCUT2D eigenvalue weighted by atomic mass is 16.6. The van der Waals surface area contributed by atoms with E-state index in [1.54, 1.807) is 20.8 Å². The first kappa shape index (κ1) is 19.2. The van der Waals surface area contributed by atoms with Crippen LogP contribution in [0.2, 0.25) is 0 Å². The number of carbonyl (C=O) groups is 3. The lowest BCUT2D eigenvalue weighted by molar-refractivity contribution is -0.117. The van der Waals surface area contributed by atoms with Crippen molar-refractivity contribution >= 4 is 17.7 Å². The minimum Gasteiger partial charge on any atom is -0.444 e. The number of allylic oxidation sites excluding steroid dienone is 3. The summed E-state index contributed by atoms with van der Waals surface area (Å²) in [4.78, 5) is 38.8. The van der Waals surface area contributed by atoms with Crippen molar-refractivity contribution in [3.63, 3.8) is 0 Å². The van der Waals surface area contributed by atoms with Crippen LogP contribution in [0.5, 0.6) is 0 Å². The molecule has 1 fully saturated rings. The van der Waals surface area contributed by atoms with Crippen molar-refractivity contribution in [2.75, 3.05) is 13.1 Å². The van der Waals surface area contributed by atoms with Crippen molar-refractivity contribution in [3.05, 3.63) is 22.4 Å². The number of hydrogen-bond acceptors (Lipinski definition) is 5. The van der Waals surface area contributed by atoms with Gasteiger partial charge in [-0.05, 0) is 54.4 Å². The normalized spacial score (nSPS) is 20.3. The van der Waals surface area contributed by atoms with E-state index in [2.05, 4.69) is 5.32 Å². The highest BCUT2D eigenvalue weighted by Gasteiger charge is 2.33. The van der Waals surface area contributed by atoms with E-state index in [9.17, 15) is 14.4 Å². The Morgan fingerprint density at radius 2 is 1.52 bits per heavy atom. The van der Waals surface area contributed by atoms with Crippen LogP contribution in [0.1, 0.15) is 54.4 Å². The summed E-state index contributed by atoms with van der Waals surface area (Å²) in [7, 11) is 0. The number of likely N-dealkylation sites (tertiary alicyclic amines) is 1. The van der Waals surface area contributed by atoms with Crippen LogP contribution in [0.25, 0.3) is 0 Å². The highest BCUT2D eigenvalue weighted by Crippen LogP contribution is 2.28. The Morgan fingerprint density at radius 3 is 2.04 bits per heavy atom. The molecule has 1 saturated heterocycles. The summed E-state index contributed by atoms with van der Waals surface area (Å²) in [5, 5.41) is 2.88. The maximum Gasteiger partial charge on any atom is 0.407 e. The van der Waals surface area contributed by atoms with Gasteiger partial charge in [0.1, 0.15) is 5.60 Å². The molecule has 6 heteroatoms. The van der Waals surface area contributed by atoms with Crippen LogP contribution in [0.4, 0.5) is 4.79 Å². The van der Waals surface area contributed by atoms with Crippen molar-refractivity contribution < 1.29 is 19.1 Å². The fourth-order valence-electron chi connectivity index (χ4n) is 3.18. The molecule has 0 aromatic heterocycles. The van der Waals surface area contributed by atoms with Crippen LogP contribution in [0.3, 0.4) is 0 Å². The van der Waals surface area contributed by atoms with Gasteiger partial charge < -0.3 is 15.0 Å². The number of ketones is 2. The Hall–Kier alpha value is -2.11. The van der Waals surface area contributed by atoms with Crippen LogP contribution in [0, 0.1) is 0 Å². The number of piperidine rings is 1. The topological polar surface area (TPSA) is 75.7 Å². The predicted octanol–water partition coefficient (Wildman–Crippen LogP) is 2.74. The van der Waals surface area contributed by atoms with E-state index >= 15 is 0 Å². The lowest BCUT2D eigenvalue weighted by Gasteiger charge is -2.37. The van der Waals surface area contributed by atoms with E-state index in [1.165, 1.54) is 0 Å². The van der Waals surface area contributed by atoms with Gasteiger partial charge in [0.2, 0.25) is 5.78 Å². The number of nitrogens with one attached hydrogen (secondary N) is 1. The molecule has 1 N–H and O–H groups in total. The van der Waals surface area contributed by atoms with Gasteiger partial charge in [0.15, 0.2) is 5.78 Å². The van der Waals surface area contributed by atoms with Crippen molar-refractivity contribution in [1.82, 2.24) is 10.2 Å². The quantitative estimate of drug-likeness (QED) is 0.777. The number of ether oxygens (including phenoxy) is 1. The summed E-state index contributed by atoms with van der Waals surface area (Å²) in [6.45, 7) is 11.9. The molecule has 2 rings (SSSR count). The van der Waals surface area contributed by atoms with E-state index in [0.717, 1.165) is 0 Å². The Kier molecular flexibility index (Phi) is 5.40. The minimum absolute atomic E-state index is 0.0137. The van der Waals surface area contributed by atoms with Gasteiger partial charge >= 0.3 is 6.09 Å². The van der Waals surface area contributed by atoms with Gasteiger partial charge in [0, 0.05) is 35.9 Å². The summed E-state index contributed by atoms with van der Waals surface area (Å²) in [6, 6.07) is 0.0137. The molecule has 25 heavy (non-hydrogen) atoms. The fraction of sp³-hybridized carbons (Fsp3) is 0.632. The Morgan fingerprint density at radius 1 is 1.00 bits per heavy atom. The molecule has 0 spiro atoms. The van der Waals surface area contributed by atoms with E-state index in [1.807, 2.05) is 25.7 Å². The van der Waals surface area contributed by atoms with E-state index < -0.39 is 11.7 Å². The van der Waals surface area contributed by atoms with E-state index in [4.69, 9.17) is 4.74 Å². The molecule has 2 aliphatic rings. The summed E-state index contributed by atoms with van der Waals surface area (Å²) in [5.41, 5.74) is 1.58. The molecule has 138 valence electrons. The highest BCUT2D eigenvalue weighted by molar-refractivity contribution is 6.24. The van der Waals surface area contributed by atoms with Crippen LogP contribution in [0.15, 0.2) is 22.4 Å². The average molecular weight is 348 g/mol. The van der Waals surface area contributed by atoms with Crippen LogP contribution >= 0.6 is 0 Å². The average Bonchev–Trinajstić information content (AvgIpc) is 2.51. The van der Waals surface area contributed by atoms with Crippen LogP contribution < -0.4 is 5.32 Å². The maximum absolute atomic E-state index is 12.6. The first-order chi connectivity index (χ1) is 11.5. The number of Topliss-reactive ketones (excluding diaryl/α,β-unsaturated/α-hetero) is 2. The Bertz CT molecular complexity index is 659. The maximum atomic E-state index is 12.6. The van der Waals surface area contributed by atoms with Gasteiger partial charge in [-0.2, -0.15) is 0 Å². The molecule has 0 radical (unpaired) electrons. The third-order valence-corrected chi connectivity index (χ3v) is 4.69. The van der Waals surface area contributed by atoms with E-state index in [-0.39, 0.29) is 17.6 Å². The summed E-state index contributed by atoms with van der Waals surface area (Å²) >= 11 is 0. The van der Waals surface area contributed by atoms with Gasteiger partial charge in [-0.25, -0.2) is 4.79 Å². The molecule has 0 aromatic carbocycles. The third-order valence-electron chi connectivity index (χ3n) is 4.69. The number of amides is 1. The molecule has 0 bridgehead atoms. The summed E-state index contributed by atoms with van der Waals surface area (Å²) < 4.78 is 5.28. The van der Waals surface area contributed by atoms with Crippen LogP contribution in [-0.4, -0.2) is 47.3 Å². The zero-order valence-electron chi connectivity index (χ0n) is 16.0. The molecule has 6 nitrogen and oxygen atoms in total. The summed E-state index contributed by atoms with van der Waals surface area (Å²) in [6.07, 6.45) is 0.998. The number of hydrogen-bond donors (Lipinski definition) is 1. The Balaban J connectivity index is 2.00. The second-order valence-electron chi connectivity index (χ2n) is 7.79. The standard InChI is InChI=1S/C19H28N2O4/c1-11-12(2)17(23)15(13(3)16(11)22)21-9-7-14(8-10-21)20-18(24)25-19(4,5)6/h14H,7-10H2,1-6H3,(H,20,24).